The molecule has 17 heavy (non-hydrogen) atoms. The van der Waals surface area contributed by atoms with Gasteiger partial charge in [0, 0.05) is 11.7 Å². The summed E-state index contributed by atoms with van der Waals surface area (Å²) in [5.41, 5.74) is 3.46. The molecule has 0 spiro atoms. The van der Waals surface area contributed by atoms with Gasteiger partial charge in [0.15, 0.2) is 0 Å². The van der Waals surface area contributed by atoms with Crippen LogP contribution >= 0.6 is 0 Å². The number of carbonyl (C=O) groups is 1. The first-order valence-electron chi connectivity index (χ1n) is 6.38. The molecule has 0 aliphatic carbocycles. The summed E-state index contributed by atoms with van der Waals surface area (Å²) in [6, 6.07) is 6.82. The predicted molar refractivity (Wildman–Crippen MR) is 67.9 cm³/mol. The molecule has 2 heterocycles. The van der Waals surface area contributed by atoms with Crippen molar-refractivity contribution < 1.29 is 4.79 Å². The summed E-state index contributed by atoms with van der Waals surface area (Å²) in [4.78, 5) is 11.3. The van der Waals surface area contributed by atoms with Gasteiger partial charge in [-0.15, -0.1) is 0 Å². The van der Waals surface area contributed by atoms with Gasteiger partial charge < -0.3 is 10.6 Å². The smallest absolute Gasteiger partial charge is 0.228 e. The van der Waals surface area contributed by atoms with E-state index in [0.29, 0.717) is 12.5 Å². The Morgan fingerprint density at radius 1 is 1.29 bits per heavy atom. The summed E-state index contributed by atoms with van der Waals surface area (Å²) in [6.45, 7) is 3.38. The van der Waals surface area contributed by atoms with E-state index in [0.717, 1.165) is 23.7 Å². The van der Waals surface area contributed by atoms with Gasteiger partial charge in [0.2, 0.25) is 5.91 Å². The molecular weight excluding hydrogens is 212 g/mol. The van der Waals surface area contributed by atoms with Crippen molar-refractivity contribution in [3.8, 4) is 0 Å². The summed E-state index contributed by atoms with van der Waals surface area (Å²) < 4.78 is 0. The molecule has 0 radical (unpaired) electrons. The van der Waals surface area contributed by atoms with Crippen LogP contribution in [-0.2, 0) is 11.2 Å². The number of carbonyl (C=O) groups excluding carboxylic acids is 1. The zero-order chi connectivity index (χ0) is 11.8. The molecule has 2 atom stereocenters. The van der Waals surface area contributed by atoms with Crippen molar-refractivity contribution in [2.75, 3.05) is 11.9 Å². The fourth-order valence-electron chi connectivity index (χ4n) is 2.75. The maximum absolute atomic E-state index is 11.3. The molecule has 2 aliphatic rings. The molecule has 3 heteroatoms. The SMILES string of the molecule is CC1CCC(c2ccc3c(c2)CC(=O)N3)NC1. The van der Waals surface area contributed by atoms with E-state index in [1.54, 1.807) is 0 Å². The molecule has 3 nitrogen and oxygen atoms in total. The van der Waals surface area contributed by atoms with Crippen LogP contribution in [0.5, 0.6) is 0 Å². The zero-order valence-corrected chi connectivity index (χ0v) is 10.1. The van der Waals surface area contributed by atoms with Gasteiger partial charge in [-0.05, 0) is 42.5 Å². The maximum Gasteiger partial charge on any atom is 0.228 e. The molecular formula is C14H18N2O. The number of hydrogen-bond donors (Lipinski definition) is 2. The second-order valence-electron chi connectivity index (χ2n) is 5.28. The third-order valence-corrected chi connectivity index (χ3v) is 3.82. The normalized spacial score (nSPS) is 27.7. The lowest BCUT2D eigenvalue weighted by Gasteiger charge is -2.28. The van der Waals surface area contributed by atoms with Crippen LogP contribution in [0.4, 0.5) is 5.69 Å². The lowest BCUT2D eigenvalue weighted by Crippen LogP contribution is -2.31. The van der Waals surface area contributed by atoms with Crippen molar-refractivity contribution in [3.63, 3.8) is 0 Å². The molecule has 1 amide bonds. The van der Waals surface area contributed by atoms with E-state index in [1.807, 2.05) is 6.07 Å². The Kier molecular flexibility index (Phi) is 2.63. The van der Waals surface area contributed by atoms with Gasteiger partial charge in [-0.1, -0.05) is 19.1 Å². The van der Waals surface area contributed by atoms with Crippen molar-refractivity contribution in [2.45, 2.75) is 32.2 Å². The van der Waals surface area contributed by atoms with E-state index in [4.69, 9.17) is 0 Å². The molecule has 2 aliphatic heterocycles. The molecule has 0 aromatic heterocycles. The Balaban J connectivity index is 1.81. The Bertz CT molecular complexity index is 448. The minimum absolute atomic E-state index is 0.113. The number of piperidine rings is 1. The quantitative estimate of drug-likeness (QED) is 0.777. The van der Waals surface area contributed by atoms with Crippen LogP contribution in [-0.4, -0.2) is 12.5 Å². The molecule has 2 N–H and O–H groups in total. The van der Waals surface area contributed by atoms with Gasteiger partial charge in [0.05, 0.1) is 6.42 Å². The van der Waals surface area contributed by atoms with Gasteiger partial charge >= 0.3 is 0 Å². The van der Waals surface area contributed by atoms with Crippen molar-refractivity contribution in [1.82, 2.24) is 5.32 Å². The first kappa shape index (κ1) is 10.8. The Hall–Kier alpha value is -1.35. The molecule has 3 rings (SSSR count). The molecule has 1 saturated heterocycles. The maximum atomic E-state index is 11.3. The summed E-state index contributed by atoms with van der Waals surface area (Å²) in [5.74, 6) is 0.895. The van der Waals surface area contributed by atoms with Gasteiger partial charge in [0.25, 0.3) is 0 Å². The number of anilines is 1. The van der Waals surface area contributed by atoms with E-state index in [9.17, 15) is 4.79 Å². The summed E-state index contributed by atoms with van der Waals surface area (Å²) in [6.07, 6.45) is 3.01. The van der Waals surface area contributed by atoms with Crippen molar-refractivity contribution in [2.24, 2.45) is 5.92 Å². The van der Waals surface area contributed by atoms with Gasteiger partial charge in [-0.2, -0.15) is 0 Å². The van der Waals surface area contributed by atoms with Gasteiger partial charge in [0.1, 0.15) is 0 Å². The van der Waals surface area contributed by atoms with E-state index < -0.39 is 0 Å². The highest BCUT2D eigenvalue weighted by Crippen LogP contribution is 2.30. The zero-order valence-electron chi connectivity index (χ0n) is 10.1. The standard InChI is InChI=1S/C14H18N2O/c1-9-2-4-12(15-8-9)10-3-5-13-11(6-10)7-14(17)16-13/h3,5-6,9,12,15H,2,4,7-8H2,1H3,(H,16,17). The third kappa shape index (κ3) is 2.07. The highest BCUT2D eigenvalue weighted by atomic mass is 16.1. The average Bonchev–Trinajstić information content (AvgIpc) is 2.69. The summed E-state index contributed by atoms with van der Waals surface area (Å²) in [5, 5.41) is 6.46. The van der Waals surface area contributed by atoms with Crippen LogP contribution < -0.4 is 10.6 Å². The summed E-state index contributed by atoms with van der Waals surface area (Å²) in [7, 11) is 0. The molecule has 90 valence electrons. The minimum atomic E-state index is 0.113. The fraction of sp³-hybridized carbons (Fsp3) is 0.500. The minimum Gasteiger partial charge on any atom is -0.326 e. The van der Waals surface area contributed by atoms with Crippen LogP contribution in [0.15, 0.2) is 18.2 Å². The van der Waals surface area contributed by atoms with Gasteiger partial charge in [-0.3, -0.25) is 4.79 Å². The van der Waals surface area contributed by atoms with E-state index >= 15 is 0 Å². The van der Waals surface area contributed by atoms with Crippen molar-refractivity contribution >= 4 is 11.6 Å². The number of amides is 1. The Morgan fingerprint density at radius 3 is 2.94 bits per heavy atom. The van der Waals surface area contributed by atoms with Crippen LogP contribution in [0, 0.1) is 5.92 Å². The molecule has 1 aromatic carbocycles. The highest BCUT2D eigenvalue weighted by Gasteiger charge is 2.22. The number of benzene rings is 1. The molecule has 2 unspecified atom stereocenters. The molecule has 0 bridgehead atoms. The van der Waals surface area contributed by atoms with E-state index in [2.05, 4.69) is 29.7 Å². The topological polar surface area (TPSA) is 41.1 Å². The number of hydrogen-bond acceptors (Lipinski definition) is 2. The second kappa shape index (κ2) is 4.15. The van der Waals surface area contributed by atoms with Crippen LogP contribution in [0.3, 0.4) is 0 Å². The average molecular weight is 230 g/mol. The Labute approximate surface area is 102 Å². The monoisotopic (exact) mass is 230 g/mol. The lowest BCUT2D eigenvalue weighted by atomic mass is 9.91. The van der Waals surface area contributed by atoms with Crippen molar-refractivity contribution in [1.29, 1.82) is 0 Å². The predicted octanol–water partition coefficient (Wildman–Crippen LogP) is 2.24. The lowest BCUT2D eigenvalue weighted by molar-refractivity contribution is -0.115. The first-order chi connectivity index (χ1) is 8.22. The molecule has 0 saturated carbocycles. The summed E-state index contributed by atoms with van der Waals surface area (Å²) >= 11 is 0. The largest absolute Gasteiger partial charge is 0.326 e. The van der Waals surface area contributed by atoms with Gasteiger partial charge in [-0.25, -0.2) is 0 Å². The second-order valence-corrected chi connectivity index (χ2v) is 5.28. The van der Waals surface area contributed by atoms with E-state index in [1.165, 1.54) is 18.4 Å². The Morgan fingerprint density at radius 2 is 2.18 bits per heavy atom. The highest BCUT2D eigenvalue weighted by molar-refractivity contribution is 5.99. The van der Waals surface area contributed by atoms with Crippen LogP contribution in [0.1, 0.15) is 36.9 Å². The third-order valence-electron chi connectivity index (χ3n) is 3.82. The number of fused-ring (bicyclic) bond motifs is 1. The number of nitrogens with one attached hydrogen (secondary N) is 2. The van der Waals surface area contributed by atoms with Crippen molar-refractivity contribution in [3.05, 3.63) is 29.3 Å². The fourth-order valence-corrected chi connectivity index (χ4v) is 2.75. The molecule has 1 aromatic rings. The number of rotatable bonds is 1. The van der Waals surface area contributed by atoms with E-state index in [-0.39, 0.29) is 5.91 Å². The van der Waals surface area contributed by atoms with Crippen LogP contribution in [0.25, 0.3) is 0 Å². The van der Waals surface area contributed by atoms with Crippen LogP contribution in [0.2, 0.25) is 0 Å². The first-order valence-corrected chi connectivity index (χ1v) is 6.38. The molecule has 1 fully saturated rings.